The highest BCUT2D eigenvalue weighted by Gasteiger charge is 2.29. The standard InChI is InChI=1S/C21H20ClN3O3S/c22-17-3-1-2-4-18(17)29-12-11-20(26)23-15-7-9-16(10-8-15)27-13-19-24-21(28-25-19)14-5-6-14/h1-4,7-10,14H,5-6,11-13H2,(H,23,26). The molecule has 0 saturated heterocycles. The second-order valence-corrected chi connectivity index (χ2v) is 8.26. The summed E-state index contributed by atoms with van der Waals surface area (Å²) in [6.07, 6.45) is 2.64. The molecule has 0 unspecified atom stereocenters. The smallest absolute Gasteiger partial charge is 0.229 e. The number of aromatic nitrogens is 2. The number of anilines is 1. The number of benzene rings is 2. The van der Waals surface area contributed by atoms with Gasteiger partial charge in [-0.25, -0.2) is 0 Å². The van der Waals surface area contributed by atoms with E-state index in [2.05, 4.69) is 15.5 Å². The number of nitrogens with zero attached hydrogens (tertiary/aromatic N) is 2. The van der Waals surface area contributed by atoms with Crippen LogP contribution in [0.15, 0.2) is 57.9 Å². The summed E-state index contributed by atoms with van der Waals surface area (Å²) in [7, 11) is 0. The van der Waals surface area contributed by atoms with E-state index < -0.39 is 0 Å². The Balaban J connectivity index is 1.20. The molecule has 1 amide bonds. The van der Waals surface area contributed by atoms with E-state index in [1.165, 1.54) is 0 Å². The summed E-state index contributed by atoms with van der Waals surface area (Å²) in [5.74, 6) is 2.97. The van der Waals surface area contributed by atoms with Gasteiger partial charge in [0.2, 0.25) is 17.6 Å². The first-order valence-electron chi connectivity index (χ1n) is 9.40. The summed E-state index contributed by atoms with van der Waals surface area (Å²) in [6, 6.07) is 14.8. The number of hydrogen-bond acceptors (Lipinski definition) is 6. The van der Waals surface area contributed by atoms with Crippen LogP contribution < -0.4 is 10.1 Å². The molecule has 4 rings (SSSR count). The van der Waals surface area contributed by atoms with Crippen LogP contribution in [0.2, 0.25) is 5.02 Å². The van der Waals surface area contributed by atoms with Gasteiger partial charge in [-0.2, -0.15) is 4.98 Å². The molecule has 0 radical (unpaired) electrons. The first-order chi connectivity index (χ1) is 14.2. The molecular weight excluding hydrogens is 410 g/mol. The lowest BCUT2D eigenvalue weighted by atomic mass is 10.3. The third-order valence-corrected chi connectivity index (χ3v) is 5.86. The first kappa shape index (κ1) is 19.8. The van der Waals surface area contributed by atoms with Gasteiger partial charge < -0.3 is 14.6 Å². The number of amides is 1. The van der Waals surface area contributed by atoms with Crippen molar-refractivity contribution in [3.05, 3.63) is 65.3 Å². The Kier molecular flexibility index (Phi) is 6.36. The summed E-state index contributed by atoms with van der Waals surface area (Å²) in [5, 5.41) is 7.52. The Bertz CT molecular complexity index is 973. The van der Waals surface area contributed by atoms with E-state index in [1.54, 1.807) is 36.0 Å². The lowest BCUT2D eigenvalue weighted by Crippen LogP contribution is -2.12. The summed E-state index contributed by atoms with van der Waals surface area (Å²) < 4.78 is 10.9. The summed E-state index contributed by atoms with van der Waals surface area (Å²) in [4.78, 5) is 17.4. The molecule has 1 N–H and O–H groups in total. The SMILES string of the molecule is O=C(CCSc1ccccc1Cl)Nc1ccc(OCc2noc(C3CC3)n2)cc1. The van der Waals surface area contributed by atoms with Crippen molar-refractivity contribution in [1.82, 2.24) is 10.1 Å². The third-order valence-electron chi connectivity index (χ3n) is 4.34. The van der Waals surface area contributed by atoms with E-state index in [-0.39, 0.29) is 12.5 Å². The van der Waals surface area contributed by atoms with Gasteiger partial charge in [-0.05, 0) is 49.2 Å². The van der Waals surface area contributed by atoms with Crippen LogP contribution in [0.1, 0.15) is 36.9 Å². The maximum Gasteiger partial charge on any atom is 0.229 e. The summed E-state index contributed by atoms with van der Waals surface area (Å²) in [6.45, 7) is 0.251. The highest BCUT2D eigenvalue weighted by molar-refractivity contribution is 7.99. The van der Waals surface area contributed by atoms with Gasteiger partial charge in [-0.1, -0.05) is 28.9 Å². The number of carbonyl (C=O) groups excluding carboxylic acids is 1. The number of carbonyl (C=O) groups is 1. The van der Waals surface area contributed by atoms with Crippen molar-refractivity contribution in [2.75, 3.05) is 11.1 Å². The van der Waals surface area contributed by atoms with Gasteiger partial charge in [0, 0.05) is 28.7 Å². The fourth-order valence-corrected chi connectivity index (χ4v) is 3.83. The van der Waals surface area contributed by atoms with Crippen LogP contribution in [0.3, 0.4) is 0 Å². The van der Waals surface area contributed by atoms with E-state index in [9.17, 15) is 4.79 Å². The van der Waals surface area contributed by atoms with Gasteiger partial charge in [0.05, 0.1) is 5.02 Å². The van der Waals surface area contributed by atoms with Crippen LogP contribution >= 0.6 is 23.4 Å². The lowest BCUT2D eigenvalue weighted by Gasteiger charge is -2.08. The van der Waals surface area contributed by atoms with E-state index in [1.807, 2.05) is 24.3 Å². The molecule has 6 nitrogen and oxygen atoms in total. The normalized spacial score (nSPS) is 13.3. The second-order valence-electron chi connectivity index (χ2n) is 6.71. The predicted octanol–water partition coefficient (Wildman–Crippen LogP) is 5.30. The molecule has 0 aliphatic heterocycles. The van der Waals surface area contributed by atoms with E-state index in [4.69, 9.17) is 20.9 Å². The van der Waals surface area contributed by atoms with Crippen LogP contribution in [0.4, 0.5) is 5.69 Å². The third kappa shape index (κ3) is 5.74. The zero-order valence-corrected chi connectivity index (χ0v) is 17.2. The molecule has 3 aromatic rings. The average Bonchev–Trinajstić information content (AvgIpc) is 3.47. The second kappa shape index (κ2) is 9.33. The molecule has 1 saturated carbocycles. The van der Waals surface area contributed by atoms with Crippen LogP contribution in [0, 0.1) is 0 Å². The molecule has 0 atom stereocenters. The van der Waals surface area contributed by atoms with Crippen LogP contribution in [0.25, 0.3) is 0 Å². The maximum atomic E-state index is 12.1. The lowest BCUT2D eigenvalue weighted by molar-refractivity contribution is -0.115. The van der Waals surface area contributed by atoms with E-state index in [0.29, 0.717) is 40.6 Å². The molecule has 1 fully saturated rings. The minimum atomic E-state index is -0.0439. The number of nitrogens with one attached hydrogen (secondary N) is 1. The maximum absolute atomic E-state index is 12.1. The van der Waals surface area contributed by atoms with Crippen molar-refractivity contribution >= 4 is 35.0 Å². The molecular formula is C21H20ClN3O3S. The Hall–Kier alpha value is -2.51. The van der Waals surface area contributed by atoms with Crippen LogP contribution in [-0.2, 0) is 11.4 Å². The van der Waals surface area contributed by atoms with E-state index >= 15 is 0 Å². The van der Waals surface area contributed by atoms with E-state index in [0.717, 1.165) is 23.4 Å². The number of hydrogen-bond donors (Lipinski definition) is 1. The molecule has 150 valence electrons. The Labute approximate surface area is 178 Å². The van der Waals surface area contributed by atoms with Gasteiger partial charge in [-0.3, -0.25) is 4.79 Å². The molecule has 2 aromatic carbocycles. The Morgan fingerprint density at radius 1 is 1.21 bits per heavy atom. The molecule has 0 bridgehead atoms. The van der Waals surface area contributed by atoms with Gasteiger partial charge in [-0.15, -0.1) is 11.8 Å². The highest BCUT2D eigenvalue weighted by atomic mass is 35.5. The van der Waals surface area contributed by atoms with Gasteiger partial charge in [0.25, 0.3) is 0 Å². The molecule has 1 aliphatic carbocycles. The van der Waals surface area contributed by atoms with Crippen molar-refractivity contribution in [2.24, 2.45) is 0 Å². The van der Waals surface area contributed by atoms with Crippen molar-refractivity contribution < 1.29 is 14.1 Å². The Morgan fingerprint density at radius 3 is 2.76 bits per heavy atom. The van der Waals surface area contributed by atoms with Gasteiger partial charge >= 0.3 is 0 Å². The van der Waals surface area contributed by atoms with Crippen LogP contribution in [-0.4, -0.2) is 21.8 Å². The average molecular weight is 430 g/mol. The number of rotatable bonds is 9. The van der Waals surface area contributed by atoms with Crippen molar-refractivity contribution in [3.8, 4) is 5.75 Å². The zero-order chi connectivity index (χ0) is 20.1. The van der Waals surface area contributed by atoms with Crippen molar-refractivity contribution in [3.63, 3.8) is 0 Å². The van der Waals surface area contributed by atoms with Gasteiger partial charge in [0.1, 0.15) is 5.75 Å². The molecule has 0 spiro atoms. The number of thioether (sulfide) groups is 1. The largest absolute Gasteiger partial charge is 0.485 e. The monoisotopic (exact) mass is 429 g/mol. The summed E-state index contributed by atoms with van der Waals surface area (Å²) in [5.41, 5.74) is 0.723. The summed E-state index contributed by atoms with van der Waals surface area (Å²) >= 11 is 7.69. The molecule has 29 heavy (non-hydrogen) atoms. The minimum Gasteiger partial charge on any atom is -0.485 e. The topological polar surface area (TPSA) is 77.2 Å². The fraction of sp³-hybridized carbons (Fsp3) is 0.286. The molecule has 1 aliphatic rings. The molecule has 1 heterocycles. The number of ether oxygens (including phenoxy) is 1. The fourth-order valence-electron chi connectivity index (χ4n) is 2.64. The van der Waals surface area contributed by atoms with Crippen molar-refractivity contribution in [1.29, 1.82) is 0 Å². The number of halogens is 1. The Morgan fingerprint density at radius 2 is 2.00 bits per heavy atom. The highest BCUT2D eigenvalue weighted by Crippen LogP contribution is 2.38. The molecule has 8 heteroatoms. The molecule has 1 aromatic heterocycles. The predicted molar refractivity (Wildman–Crippen MR) is 112 cm³/mol. The quantitative estimate of drug-likeness (QED) is 0.465. The minimum absolute atomic E-state index is 0.0439. The van der Waals surface area contributed by atoms with Crippen LogP contribution in [0.5, 0.6) is 5.75 Å². The van der Waals surface area contributed by atoms with Gasteiger partial charge in [0.15, 0.2) is 6.61 Å². The first-order valence-corrected chi connectivity index (χ1v) is 10.8. The zero-order valence-electron chi connectivity index (χ0n) is 15.6. The van der Waals surface area contributed by atoms with Crippen molar-refractivity contribution in [2.45, 2.75) is 36.7 Å².